The molecule has 1 fully saturated rings. The van der Waals surface area contributed by atoms with Gasteiger partial charge in [0.1, 0.15) is 0 Å². The number of anilines is 1. The fourth-order valence-electron chi connectivity index (χ4n) is 2.20. The Labute approximate surface area is 110 Å². The highest BCUT2D eigenvalue weighted by Gasteiger charge is 2.16. The number of hydrogen-bond donors (Lipinski definition) is 3. The Hall–Kier alpha value is -1.92. The third-order valence-corrected chi connectivity index (χ3v) is 3.16. The van der Waals surface area contributed by atoms with E-state index in [0.29, 0.717) is 19.6 Å². The van der Waals surface area contributed by atoms with E-state index in [2.05, 4.69) is 20.8 Å². The number of ether oxygens (including phenoxy) is 1. The van der Waals surface area contributed by atoms with Crippen molar-refractivity contribution in [2.24, 2.45) is 0 Å². The van der Waals surface area contributed by atoms with Crippen LogP contribution in [0.1, 0.15) is 6.42 Å². The molecule has 100 valence electrons. The van der Waals surface area contributed by atoms with Crippen LogP contribution < -0.4 is 10.6 Å². The fourth-order valence-corrected chi connectivity index (χ4v) is 2.20. The molecule has 2 heterocycles. The maximum atomic E-state index is 11.9. The van der Waals surface area contributed by atoms with Crippen LogP contribution >= 0.6 is 0 Å². The van der Waals surface area contributed by atoms with Gasteiger partial charge in [0.25, 0.3) is 0 Å². The first-order valence-corrected chi connectivity index (χ1v) is 6.35. The Morgan fingerprint density at radius 1 is 1.53 bits per heavy atom. The molecule has 1 aliphatic rings. The van der Waals surface area contributed by atoms with Crippen LogP contribution in [0.5, 0.6) is 0 Å². The lowest BCUT2D eigenvalue weighted by Gasteiger charge is -2.23. The summed E-state index contributed by atoms with van der Waals surface area (Å²) in [5, 5.41) is 14.0. The van der Waals surface area contributed by atoms with E-state index in [0.717, 1.165) is 23.1 Å². The minimum absolute atomic E-state index is 0.0122. The van der Waals surface area contributed by atoms with E-state index in [-0.39, 0.29) is 11.9 Å². The summed E-state index contributed by atoms with van der Waals surface area (Å²) in [5.41, 5.74) is 1.69. The molecule has 1 unspecified atom stereocenters. The topological polar surface area (TPSA) is 79.0 Å². The summed E-state index contributed by atoms with van der Waals surface area (Å²) < 4.78 is 5.32. The van der Waals surface area contributed by atoms with Gasteiger partial charge in [-0.25, -0.2) is 0 Å². The average Bonchev–Trinajstić information content (AvgIpc) is 2.87. The Bertz CT molecular complexity index is 575. The number of fused-ring (bicyclic) bond motifs is 1. The van der Waals surface area contributed by atoms with Gasteiger partial charge in [-0.2, -0.15) is 5.10 Å². The number of aromatic amines is 1. The Morgan fingerprint density at radius 3 is 3.32 bits per heavy atom. The first-order chi connectivity index (χ1) is 9.31. The zero-order valence-corrected chi connectivity index (χ0v) is 10.5. The van der Waals surface area contributed by atoms with Crippen LogP contribution in [0.2, 0.25) is 0 Å². The summed E-state index contributed by atoms with van der Waals surface area (Å²) in [6.07, 6.45) is 2.17. The first-order valence-electron chi connectivity index (χ1n) is 6.35. The molecule has 0 radical (unpaired) electrons. The molecule has 0 spiro atoms. The van der Waals surface area contributed by atoms with Crippen molar-refractivity contribution in [2.45, 2.75) is 12.5 Å². The zero-order valence-electron chi connectivity index (χ0n) is 10.5. The van der Waals surface area contributed by atoms with Crippen molar-refractivity contribution in [1.82, 2.24) is 15.5 Å². The van der Waals surface area contributed by atoms with E-state index in [4.69, 9.17) is 4.74 Å². The SMILES string of the molecule is O=C(CC1COCCN1)Nc1ccc2cn[nH]c2c1. The number of aromatic nitrogens is 2. The normalized spacial score (nSPS) is 19.5. The minimum Gasteiger partial charge on any atom is -0.378 e. The molecule has 19 heavy (non-hydrogen) atoms. The molecule has 3 N–H and O–H groups in total. The van der Waals surface area contributed by atoms with Crippen molar-refractivity contribution in [3.63, 3.8) is 0 Å². The number of rotatable bonds is 3. The number of H-pyrrole nitrogens is 1. The highest BCUT2D eigenvalue weighted by atomic mass is 16.5. The maximum Gasteiger partial charge on any atom is 0.226 e. The van der Waals surface area contributed by atoms with E-state index in [1.54, 1.807) is 6.20 Å². The van der Waals surface area contributed by atoms with Gasteiger partial charge in [-0.15, -0.1) is 0 Å². The van der Waals surface area contributed by atoms with Gasteiger partial charge in [-0.3, -0.25) is 9.89 Å². The van der Waals surface area contributed by atoms with Crippen molar-refractivity contribution in [2.75, 3.05) is 25.1 Å². The Balaban J connectivity index is 1.61. The number of hydrogen-bond acceptors (Lipinski definition) is 4. The van der Waals surface area contributed by atoms with Gasteiger partial charge >= 0.3 is 0 Å². The third kappa shape index (κ3) is 2.91. The van der Waals surface area contributed by atoms with E-state index in [9.17, 15) is 4.79 Å². The number of amides is 1. The Morgan fingerprint density at radius 2 is 2.47 bits per heavy atom. The summed E-state index contributed by atoms with van der Waals surface area (Å²) in [4.78, 5) is 11.9. The standard InChI is InChI=1S/C13H16N4O2/c18-13(6-11-8-19-4-3-14-11)16-10-2-1-9-7-15-17-12(9)5-10/h1-2,5,7,11,14H,3-4,6,8H2,(H,15,17)(H,16,18). The van der Waals surface area contributed by atoms with Gasteiger partial charge in [0.05, 0.1) is 24.9 Å². The lowest BCUT2D eigenvalue weighted by atomic mass is 10.2. The molecule has 1 aliphatic heterocycles. The molecule has 6 nitrogen and oxygen atoms in total. The second-order valence-corrected chi connectivity index (χ2v) is 4.65. The number of benzene rings is 1. The smallest absolute Gasteiger partial charge is 0.226 e. The predicted octanol–water partition coefficient (Wildman–Crippen LogP) is 0.880. The highest BCUT2D eigenvalue weighted by molar-refractivity contribution is 5.93. The molecular formula is C13H16N4O2. The van der Waals surface area contributed by atoms with Crippen molar-refractivity contribution in [3.05, 3.63) is 24.4 Å². The van der Waals surface area contributed by atoms with Gasteiger partial charge in [-0.1, -0.05) is 0 Å². The number of carbonyl (C=O) groups is 1. The molecule has 1 aromatic heterocycles. The van der Waals surface area contributed by atoms with Crippen molar-refractivity contribution in [1.29, 1.82) is 0 Å². The van der Waals surface area contributed by atoms with Crippen molar-refractivity contribution in [3.8, 4) is 0 Å². The summed E-state index contributed by atoms with van der Waals surface area (Å²) in [6.45, 7) is 2.11. The first kappa shape index (κ1) is 12.1. The van der Waals surface area contributed by atoms with Gasteiger partial charge in [0.15, 0.2) is 0 Å². The number of carbonyl (C=O) groups excluding carboxylic acids is 1. The van der Waals surface area contributed by atoms with Gasteiger partial charge in [-0.05, 0) is 18.2 Å². The molecule has 1 saturated heterocycles. The van der Waals surface area contributed by atoms with Gasteiger partial charge in [0, 0.05) is 30.1 Å². The summed E-state index contributed by atoms with van der Waals surface area (Å²) in [5.74, 6) is -0.0122. The number of nitrogens with zero attached hydrogens (tertiary/aromatic N) is 1. The maximum absolute atomic E-state index is 11.9. The fraction of sp³-hybridized carbons (Fsp3) is 0.385. The molecule has 6 heteroatoms. The second kappa shape index (κ2) is 5.38. The van der Waals surface area contributed by atoms with Crippen LogP contribution in [0.3, 0.4) is 0 Å². The van der Waals surface area contributed by atoms with Crippen LogP contribution in [0.4, 0.5) is 5.69 Å². The number of morpholine rings is 1. The summed E-state index contributed by atoms with van der Waals surface area (Å²) in [7, 11) is 0. The van der Waals surface area contributed by atoms with E-state index in [1.165, 1.54) is 0 Å². The van der Waals surface area contributed by atoms with Crippen molar-refractivity contribution < 1.29 is 9.53 Å². The molecule has 1 aromatic carbocycles. The van der Waals surface area contributed by atoms with Crippen LogP contribution in [-0.2, 0) is 9.53 Å². The lowest BCUT2D eigenvalue weighted by Crippen LogP contribution is -2.43. The molecule has 0 saturated carbocycles. The summed E-state index contributed by atoms with van der Waals surface area (Å²) in [6, 6.07) is 5.78. The van der Waals surface area contributed by atoms with Gasteiger partial charge < -0.3 is 15.4 Å². The van der Waals surface area contributed by atoms with Crippen LogP contribution in [0, 0.1) is 0 Å². The van der Waals surface area contributed by atoms with Crippen LogP contribution in [0.25, 0.3) is 10.9 Å². The van der Waals surface area contributed by atoms with E-state index < -0.39 is 0 Å². The third-order valence-electron chi connectivity index (χ3n) is 3.16. The van der Waals surface area contributed by atoms with E-state index >= 15 is 0 Å². The minimum atomic E-state index is -0.0122. The molecule has 2 aromatic rings. The summed E-state index contributed by atoms with van der Waals surface area (Å²) >= 11 is 0. The molecule has 3 rings (SSSR count). The molecule has 0 bridgehead atoms. The quantitative estimate of drug-likeness (QED) is 0.765. The molecule has 1 amide bonds. The monoisotopic (exact) mass is 260 g/mol. The largest absolute Gasteiger partial charge is 0.378 e. The molecule has 0 aliphatic carbocycles. The zero-order chi connectivity index (χ0) is 13.1. The average molecular weight is 260 g/mol. The highest BCUT2D eigenvalue weighted by Crippen LogP contribution is 2.16. The molecule has 1 atom stereocenters. The van der Waals surface area contributed by atoms with Crippen LogP contribution in [0.15, 0.2) is 24.4 Å². The van der Waals surface area contributed by atoms with Gasteiger partial charge in [0.2, 0.25) is 5.91 Å². The van der Waals surface area contributed by atoms with E-state index in [1.807, 2.05) is 18.2 Å². The second-order valence-electron chi connectivity index (χ2n) is 4.65. The lowest BCUT2D eigenvalue weighted by molar-refractivity contribution is -0.117. The van der Waals surface area contributed by atoms with Crippen LogP contribution in [-0.4, -0.2) is 41.9 Å². The molecular weight excluding hydrogens is 244 g/mol. The number of nitrogens with one attached hydrogen (secondary N) is 3. The van der Waals surface area contributed by atoms with Crippen molar-refractivity contribution >= 4 is 22.5 Å². The Kier molecular flexibility index (Phi) is 3.43. The predicted molar refractivity (Wildman–Crippen MR) is 72.0 cm³/mol.